The molecule has 14 heavy (non-hydrogen) atoms. The fraction of sp³-hybridized carbons (Fsp3) is 0.400. The van der Waals surface area contributed by atoms with Crippen LogP contribution in [0, 0.1) is 0 Å². The minimum Gasteiger partial charge on any atom is -0.381 e. The van der Waals surface area contributed by atoms with Crippen molar-refractivity contribution >= 4 is 16.3 Å². The molecular formula is C10H15NO2S. The van der Waals surface area contributed by atoms with E-state index >= 15 is 0 Å². The van der Waals surface area contributed by atoms with Gasteiger partial charge in [0.15, 0.2) is 0 Å². The number of anilines is 1. The van der Waals surface area contributed by atoms with Gasteiger partial charge in [-0.05, 0) is 18.6 Å². The molecule has 0 bridgehead atoms. The van der Waals surface area contributed by atoms with E-state index in [-0.39, 0.29) is 6.04 Å². The van der Waals surface area contributed by atoms with Crippen LogP contribution in [0.3, 0.4) is 0 Å². The third-order valence-electron chi connectivity index (χ3n) is 2.41. The molecule has 1 aliphatic rings. The maximum Gasteiger partial charge on any atom is 0.0576 e. The van der Waals surface area contributed by atoms with Gasteiger partial charge < -0.3 is 5.32 Å². The van der Waals surface area contributed by atoms with Crippen molar-refractivity contribution in [1.29, 1.82) is 0 Å². The molecule has 1 aromatic carbocycles. The molecule has 0 amide bonds. The molecular weight excluding hydrogens is 198 g/mol. The van der Waals surface area contributed by atoms with Crippen molar-refractivity contribution in [3.05, 3.63) is 30.3 Å². The molecule has 0 aromatic heterocycles. The Morgan fingerprint density at radius 2 is 1.93 bits per heavy atom. The molecule has 1 aliphatic heterocycles. The molecule has 1 fully saturated rings. The van der Waals surface area contributed by atoms with Crippen LogP contribution in [0.5, 0.6) is 0 Å². The molecule has 1 atom stereocenters. The lowest BCUT2D eigenvalue weighted by Gasteiger charge is -2.26. The van der Waals surface area contributed by atoms with Gasteiger partial charge in [0, 0.05) is 17.5 Å². The largest absolute Gasteiger partial charge is 0.381 e. The first-order chi connectivity index (χ1) is 6.66. The van der Waals surface area contributed by atoms with Crippen molar-refractivity contribution in [2.45, 2.75) is 12.5 Å². The maximum absolute atomic E-state index is 9.44. The van der Waals surface area contributed by atoms with Crippen LogP contribution in [0.4, 0.5) is 5.69 Å². The first-order valence-corrected chi connectivity index (χ1v) is 6.59. The molecule has 3 N–H and O–H groups in total. The smallest absolute Gasteiger partial charge is 0.0576 e. The van der Waals surface area contributed by atoms with E-state index in [1.807, 2.05) is 30.3 Å². The third kappa shape index (κ3) is 2.41. The number of rotatable bonds is 2. The fourth-order valence-electron chi connectivity index (χ4n) is 1.70. The lowest BCUT2D eigenvalue weighted by molar-refractivity contribution is 0.495. The van der Waals surface area contributed by atoms with Crippen LogP contribution >= 0.6 is 10.6 Å². The van der Waals surface area contributed by atoms with Crippen LogP contribution in [0.1, 0.15) is 6.42 Å². The first-order valence-electron chi connectivity index (χ1n) is 4.71. The number of hydrogen-bond donors (Lipinski definition) is 3. The Morgan fingerprint density at radius 1 is 1.21 bits per heavy atom. The molecule has 0 saturated carbocycles. The van der Waals surface area contributed by atoms with Gasteiger partial charge in [0.25, 0.3) is 0 Å². The second kappa shape index (κ2) is 3.81. The summed E-state index contributed by atoms with van der Waals surface area (Å²) in [4.78, 5) is 0. The lowest BCUT2D eigenvalue weighted by atomic mass is 10.2. The van der Waals surface area contributed by atoms with Gasteiger partial charge in [-0.25, -0.2) is 0 Å². The quantitative estimate of drug-likeness (QED) is 0.708. The fourth-order valence-corrected chi connectivity index (χ4v) is 3.43. The predicted octanol–water partition coefficient (Wildman–Crippen LogP) is 2.62. The second-order valence-electron chi connectivity index (χ2n) is 3.67. The zero-order valence-corrected chi connectivity index (χ0v) is 8.70. The molecule has 1 heterocycles. The highest BCUT2D eigenvalue weighted by Crippen LogP contribution is 2.46. The molecule has 1 saturated heterocycles. The third-order valence-corrected chi connectivity index (χ3v) is 4.23. The Kier molecular flexibility index (Phi) is 2.67. The Morgan fingerprint density at radius 3 is 2.50 bits per heavy atom. The molecule has 1 unspecified atom stereocenters. The number of para-hydroxylation sites is 1. The summed E-state index contributed by atoms with van der Waals surface area (Å²) in [6, 6.07) is 10.1. The standard InChI is InChI=1S/C10H15NO2S/c12-14(13)7-6-10(8-14)11-9-4-2-1-3-5-9/h1-5,10-13H,6-8H2. The van der Waals surface area contributed by atoms with Crippen molar-refractivity contribution in [3.63, 3.8) is 0 Å². The van der Waals surface area contributed by atoms with E-state index in [4.69, 9.17) is 0 Å². The zero-order chi connectivity index (χ0) is 10.0. The number of nitrogens with one attached hydrogen (secondary N) is 1. The molecule has 0 spiro atoms. The lowest BCUT2D eigenvalue weighted by Crippen LogP contribution is -2.19. The highest BCUT2D eigenvalue weighted by molar-refractivity contribution is 8.24. The van der Waals surface area contributed by atoms with E-state index in [9.17, 15) is 9.11 Å². The molecule has 3 nitrogen and oxygen atoms in total. The number of benzene rings is 1. The van der Waals surface area contributed by atoms with Crippen molar-refractivity contribution < 1.29 is 9.11 Å². The first kappa shape index (κ1) is 9.83. The minimum atomic E-state index is -2.28. The average Bonchev–Trinajstić information content (AvgIpc) is 2.47. The van der Waals surface area contributed by atoms with Gasteiger partial charge in [0.2, 0.25) is 0 Å². The van der Waals surface area contributed by atoms with E-state index in [1.54, 1.807) is 0 Å². The van der Waals surface area contributed by atoms with Crippen LogP contribution in [0.25, 0.3) is 0 Å². The van der Waals surface area contributed by atoms with E-state index in [0.717, 1.165) is 12.1 Å². The summed E-state index contributed by atoms with van der Waals surface area (Å²) in [5, 5.41) is 3.30. The van der Waals surface area contributed by atoms with Crippen molar-refractivity contribution in [2.24, 2.45) is 0 Å². The molecule has 4 heteroatoms. The van der Waals surface area contributed by atoms with Crippen LogP contribution in [0.2, 0.25) is 0 Å². The summed E-state index contributed by atoms with van der Waals surface area (Å²) >= 11 is 0. The van der Waals surface area contributed by atoms with Gasteiger partial charge in [0.05, 0.1) is 5.75 Å². The summed E-state index contributed by atoms with van der Waals surface area (Å²) in [7, 11) is -2.28. The van der Waals surface area contributed by atoms with E-state index in [0.29, 0.717) is 11.5 Å². The van der Waals surface area contributed by atoms with Gasteiger partial charge in [-0.2, -0.15) is 10.6 Å². The molecule has 0 radical (unpaired) electrons. The Bertz CT molecular complexity index is 302. The average molecular weight is 213 g/mol. The van der Waals surface area contributed by atoms with Crippen LogP contribution in [-0.2, 0) is 0 Å². The van der Waals surface area contributed by atoms with Gasteiger partial charge in [-0.3, -0.25) is 9.11 Å². The molecule has 2 rings (SSSR count). The van der Waals surface area contributed by atoms with E-state index in [2.05, 4.69) is 5.32 Å². The van der Waals surface area contributed by atoms with Crippen LogP contribution in [-0.4, -0.2) is 26.7 Å². The van der Waals surface area contributed by atoms with Gasteiger partial charge >= 0.3 is 0 Å². The summed E-state index contributed by atoms with van der Waals surface area (Å²) in [5.41, 5.74) is 1.05. The van der Waals surface area contributed by atoms with Gasteiger partial charge in [0.1, 0.15) is 0 Å². The topological polar surface area (TPSA) is 52.5 Å². The highest BCUT2D eigenvalue weighted by Gasteiger charge is 2.27. The molecule has 0 aliphatic carbocycles. The Labute approximate surface area is 85.5 Å². The maximum atomic E-state index is 9.44. The summed E-state index contributed by atoms with van der Waals surface area (Å²) < 4.78 is 18.9. The van der Waals surface area contributed by atoms with Crippen molar-refractivity contribution in [3.8, 4) is 0 Å². The minimum absolute atomic E-state index is 0.211. The second-order valence-corrected chi connectivity index (χ2v) is 6.01. The molecule has 78 valence electrons. The van der Waals surface area contributed by atoms with Gasteiger partial charge in [-0.1, -0.05) is 18.2 Å². The van der Waals surface area contributed by atoms with Crippen LogP contribution < -0.4 is 5.32 Å². The van der Waals surface area contributed by atoms with Gasteiger partial charge in [-0.15, -0.1) is 0 Å². The van der Waals surface area contributed by atoms with E-state index in [1.165, 1.54) is 0 Å². The van der Waals surface area contributed by atoms with Crippen molar-refractivity contribution in [1.82, 2.24) is 0 Å². The van der Waals surface area contributed by atoms with Crippen LogP contribution in [0.15, 0.2) is 30.3 Å². The van der Waals surface area contributed by atoms with E-state index < -0.39 is 10.6 Å². The highest BCUT2D eigenvalue weighted by atomic mass is 32.3. The normalized spacial score (nSPS) is 27.1. The zero-order valence-electron chi connectivity index (χ0n) is 7.89. The monoisotopic (exact) mass is 213 g/mol. The summed E-state index contributed by atoms with van der Waals surface area (Å²) in [6.07, 6.45) is 0.844. The predicted molar refractivity (Wildman–Crippen MR) is 61.1 cm³/mol. The molecule has 1 aromatic rings. The number of hydrogen-bond acceptors (Lipinski definition) is 3. The summed E-state index contributed by atoms with van der Waals surface area (Å²) in [6.45, 7) is 0. The Balaban J connectivity index is 1.94. The van der Waals surface area contributed by atoms with Crippen molar-refractivity contribution in [2.75, 3.05) is 16.8 Å². The summed E-state index contributed by atoms with van der Waals surface area (Å²) in [5.74, 6) is 1.03. The Hall–Kier alpha value is -0.710. The SMILES string of the molecule is OS1(O)CCC(Nc2ccccc2)C1.